The van der Waals surface area contributed by atoms with Gasteiger partial charge < -0.3 is 36.3 Å². The van der Waals surface area contributed by atoms with Crippen LogP contribution in [0.3, 0.4) is 0 Å². The van der Waals surface area contributed by atoms with Gasteiger partial charge in [-0.05, 0) is 61.9 Å². The van der Waals surface area contributed by atoms with Crippen LogP contribution in [-0.2, 0) is 20.9 Å². The maximum absolute atomic E-state index is 14.2. The lowest BCUT2D eigenvalue weighted by Crippen LogP contribution is -2.52. The van der Waals surface area contributed by atoms with Crippen LogP contribution in [-0.4, -0.2) is 69.7 Å². The van der Waals surface area contributed by atoms with Crippen molar-refractivity contribution < 1.29 is 32.7 Å². The number of rotatable bonds is 18. The number of carbonyl (C=O) groups excluding carboxylic acids is 4. The number of nitrogens with two attached hydrogens (primary N) is 2. The van der Waals surface area contributed by atoms with Crippen molar-refractivity contribution in [3.63, 3.8) is 0 Å². The molecule has 3 aromatic carbocycles. The van der Waals surface area contributed by atoms with Gasteiger partial charge in [0.05, 0.1) is 23.4 Å². The summed E-state index contributed by atoms with van der Waals surface area (Å²) in [6, 6.07) is 16.0. The van der Waals surface area contributed by atoms with E-state index < -0.39 is 17.9 Å². The minimum Gasteiger partial charge on any atom is -0.483 e. The fourth-order valence-corrected chi connectivity index (χ4v) is 8.80. The number of thiocarbonyl (C=S) groups is 1. The molecule has 3 aliphatic rings. The van der Waals surface area contributed by atoms with Crippen LogP contribution in [0.4, 0.5) is 20.2 Å². The lowest BCUT2D eigenvalue weighted by Gasteiger charge is -2.30. The topological polar surface area (TPSA) is 174 Å². The summed E-state index contributed by atoms with van der Waals surface area (Å²) in [5, 5.41) is 9.80. The first-order valence-electron chi connectivity index (χ1n) is 21.0. The monoisotopic (exact) mass is 841 g/mol. The number of hydrogen-bond donors (Lipinski definition) is 5. The molecular weight excluding hydrogens is 789 g/mol. The average molecular weight is 842 g/mol. The van der Waals surface area contributed by atoms with E-state index >= 15 is 0 Å². The normalized spacial score (nSPS) is 17.7. The number of nitrogens with one attached hydrogen (secondary N) is 3. The Bertz CT molecular complexity index is 2270. The number of carbonyl (C=O) groups is 4. The number of anilines is 2. The van der Waals surface area contributed by atoms with Crippen LogP contribution in [0.5, 0.6) is 5.75 Å². The maximum Gasteiger partial charge on any atom is 0.257 e. The van der Waals surface area contributed by atoms with Gasteiger partial charge in [0.1, 0.15) is 16.8 Å². The van der Waals surface area contributed by atoms with E-state index in [0.717, 1.165) is 84.8 Å². The molecule has 0 spiro atoms. The van der Waals surface area contributed by atoms with Crippen LogP contribution in [0.1, 0.15) is 111 Å². The molecule has 1 saturated carbocycles. The third-order valence-corrected chi connectivity index (χ3v) is 12.2. The highest BCUT2D eigenvalue weighted by atomic mass is 32.1. The predicted molar refractivity (Wildman–Crippen MR) is 232 cm³/mol. The van der Waals surface area contributed by atoms with Gasteiger partial charge in [-0.3, -0.25) is 24.5 Å². The molecule has 60 heavy (non-hydrogen) atoms. The number of halogens is 2. The molecule has 1 aliphatic carbocycles. The van der Waals surface area contributed by atoms with Crippen molar-refractivity contribution in [2.75, 3.05) is 30.7 Å². The molecule has 318 valence electrons. The Morgan fingerprint density at radius 3 is 2.37 bits per heavy atom. The second-order valence-electron chi connectivity index (χ2n) is 16.1. The highest BCUT2D eigenvalue weighted by molar-refractivity contribution is 7.80. The predicted octanol–water partition coefficient (Wildman–Crippen LogP) is 7.37. The van der Waals surface area contributed by atoms with Gasteiger partial charge in [0, 0.05) is 72.2 Å². The van der Waals surface area contributed by atoms with Crippen molar-refractivity contribution in [3.05, 3.63) is 77.5 Å². The van der Waals surface area contributed by atoms with Crippen molar-refractivity contribution in [1.29, 1.82) is 0 Å². The van der Waals surface area contributed by atoms with E-state index in [-0.39, 0.29) is 62.6 Å². The van der Waals surface area contributed by atoms with Gasteiger partial charge in [-0.15, -0.1) is 0 Å². The van der Waals surface area contributed by atoms with Crippen molar-refractivity contribution >= 4 is 63.1 Å². The number of imide groups is 1. The smallest absolute Gasteiger partial charge is 0.257 e. The van der Waals surface area contributed by atoms with E-state index in [1.807, 2.05) is 36.4 Å². The second-order valence-corrected chi connectivity index (χ2v) is 16.6. The quantitative estimate of drug-likeness (QED) is 0.0297. The van der Waals surface area contributed by atoms with Gasteiger partial charge in [0.2, 0.25) is 17.7 Å². The maximum atomic E-state index is 14.2. The molecule has 0 bridgehead atoms. The minimum absolute atomic E-state index is 0.0755. The molecule has 2 fully saturated rings. The van der Waals surface area contributed by atoms with Crippen LogP contribution in [0.25, 0.3) is 22.0 Å². The Kier molecular flexibility index (Phi) is 13.3. The van der Waals surface area contributed by atoms with Crippen LogP contribution in [0.15, 0.2) is 60.8 Å². The molecular formula is C45H53F2N7O5S. The molecule has 1 saturated heterocycles. The van der Waals surface area contributed by atoms with E-state index in [0.29, 0.717) is 46.9 Å². The van der Waals surface area contributed by atoms with Crippen LogP contribution in [0.2, 0.25) is 0 Å². The Morgan fingerprint density at radius 2 is 1.63 bits per heavy atom. The number of benzene rings is 3. The summed E-state index contributed by atoms with van der Waals surface area (Å²) in [7, 11) is 0. The molecule has 3 heterocycles. The lowest BCUT2D eigenvalue weighted by molar-refractivity contribution is -0.137. The Hall–Kier alpha value is -5.57. The molecule has 0 radical (unpaired) electrons. The number of piperidine rings is 1. The van der Waals surface area contributed by atoms with Crippen molar-refractivity contribution in [1.82, 2.24) is 20.1 Å². The summed E-state index contributed by atoms with van der Waals surface area (Å²) in [6.45, 7) is 1.23. The van der Waals surface area contributed by atoms with Crippen LogP contribution < -0.4 is 32.2 Å². The Labute approximate surface area is 353 Å². The SMILES string of the molecule is NC(=S)c1cccc(-c2cn(C3CCC(F)(F)CC3)c3c(NCCCCCCCCCNC(=O)COc4cccc5c4CN(C4CCC(=O)NC4=O)C5=O)c(N)ccc23)c1. The highest BCUT2D eigenvalue weighted by Gasteiger charge is 2.40. The van der Waals surface area contributed by atoms with Crippen molar-refractivity contribution in [2.45, 2.75) is 108 Å². The zero-order valence-corrected chi connectivity index (χ0v) is 34.5. The highest BCUT2D eigenvalue weighted by Crippen LogP contribution is 2.45. The van der Waals surface area contributed by atoms with Crippen molar-refractivity contribution in [3.8, 4) is 16.9 Å². The van der Waals surface area contributed by atoms with Gasteiger partial charge in [0.15, 0.2) is 6.61 Å². The summed E-state index contributed by atoms with van der Waals surface area (Å²) in [6.07, 6.45) is 10.00. The molecule has 1 atom stereocenters. The average Bonchev–Trinajstić information content (AvgIpc) is 3.78. The van der Waals surface area contributed by atoms with E-state index in [1.54, 1.807) is 18.2 Å². The second kappa shape index (κ2) is 18.8. The number of alkyl halides is 2. The van der Waals surface area contributed by atoms with Gasteiger partial charge in [-0.1, -0.05) is 74.7 Å². The molecule has 1 aromatic heterocycles. The fraction of sp³-hybridized carbons (Fsp3) is 0.444. The first-order chi connectivity index (χ1) is 28.9. The fourth-order valence-electron chi connectivity index (χ4n) is 8.67. The standard InChI is InChI=1S/C45H53F2N7O5S/c46-45(47)20-18-30(19-21-45)53-25-33(28-10-8-11-29(24-28)42(49)60)31-14-15-35(48)40(41(31)53)51-23-7-5-3-1-2-4-6-22-50-39(56)27-59-37-13-9-12-32-34(37)26-54(44(32)58)36-16-17-38(55)52-43(36)57/h8-15,24-25,30,36,51H,1-7,16-23,26-27,48H2,(H2,49,60)(H,50,56)(H,52,55,57). The summed E-state index contributed by atoms with van der Waals surface area (Å²) >= 11 is 5.24. The number of nitrogen functional groups attached to an aromatic ring is 1. The first-order valence-corrected chi connectivity index (χ1v) is 21.4. The summed E-state index contributed by atoms with van der Waals surface area (Å²) < 4.78 is 36.4. The molecule has 1 unspecified atom stereocenters. The number of amides is 4. The number of ether oxygens (including phenoxy) is 1. The van der Waals surface area contributed by atoms with Crippen LogP contribution in [0, 0.1) is 0 Å². The number of aromatic nitrogens is 1. The van der Waals surface area contributed by atoms with Gasteiger partial charge in [-0.25, -0.2) is 8.78 Å². The summed E-state index contributed by atoms with van der Waals surface area (Å²) in [4.78, 5) is 51.4. The number of unbranched alkanes of at least 4 members (excludes halogenated alkanes) is 6. The van der Waals surface area contributed by atoms with Gasteiger partial charge in [0.25, 0.3) is 11.8 Å². The third kappa shape index (κ3) is 9.72. The molecule has 12 nitrogen and oxygen atoms in total. The molecule has 7 N–H and O–H groups in total. The summed E-state index contributed by atoms with van der Waals surface area (Å²) in [5.41, 5.74) is 18.7. The zero-order chi connectivity index (χ0) is 42.4. The molecule has 7 rings (SSSR count). The largest absolute Gasteiger partial charge is 0.483 e. The lowest BCUT2D eigenvalue weighted by atomic mass is 9.92. The first kappa shape index (κ1) is 42.6. The third-order valence-electron chi connectivity index (χ3n) is 11.9. The van der Waals surface area contributed by atoms with Gasteiger partial charge in [-0.2, -0.15) is 0 Å². The minimum atomic E-state index is -2.64. The van der Waals surface area contributed by atoms with E-state index in [4.69, 9.17) is 28.4 Å². The molecule has 4 aromatic rings. The number of nitrogens with zero attached hydrogens (tertiary/aromatic N) is 2. The Morgan fingerprint density at radius 1 is 0.917 bits per heavy atom. The molecule has 2 aliphatic heterocycles. The number of hydrogen-bond acceptors (Lipinski definition) is 8. The van der Waals surface area contributed by atoms with E-state index in [9.17, 15) is 28.0 Å². The summed E-state index contributed by atoms with van der Waals surface area (Å²) in [5.74, 6) is -3.58. The molecule has 4 amide bonds. The molecule has 15 heteroatoms. The van der Waals surface area contributed by atoms with Gasteiger partial charge >= 0.3 is 0 Å². The Balaban J connectivity index is 0.833. The zero-order valence-electron chi connectivity index (χ0n) is 33.7. The van der Waals surface area contributed by atoms with Crippen LogP contribution >= 0.6 is 12.2 Å². The number of fused-ring (bicyclic) bond motifs is 2. The van der Waals surface area contributed by atoms with E-state index in [1.165, 1.54) is 4.90 Å². The van der Waals surface area contributed by atoms with E-state index in [2.05, 4.69) is 26.7 Å². The van der Waals surface area contributed by atoms with Crippen molar-refractivity contribution in [2.24, 2.45) is 5.73 Å².